The first-order valence-corrected chi connectivity index (χ1v) is 16.0. The fourth-order valence-corrected chi connectivity index (χ4v) is 6.38. The Morgan fingerprint density at radius 2 is 1.53 bits per heavy atom. The van der Waals surface area contributed by atoms with Crippen molar-refractivity contribution in [1.82, 2.24) is 10.6 Å². The molecule has 0 aromatic heterocycles. The summed E-state index contributed by atoms with van der Waals surface area (Å²) in [6.45, 7) is 4.96. The van der Waals surface area contributed by atoms with E-state index < -0.39 is 12.3 Å². The number of urea groups is 1. The van der Waals surface area contributed by atoms with Gasteiger partial charge in [0.2, 0.25) is 0 Å². The molecular weight excluding hydrogens is 588 g/mol. The standard InChI is InChI=1S/C36H38N2O6S/c1-3-37-36(42)38-20-25-6-4-7-28(18-25)29-8-5-9-30(19-29)35-43-32(22-45-31-16-14-27(15-17-31)34(40)41)23(2)33(44-35)26-12-10-24(21-39)11-13-26/h4-19,23,32-33,35,39H,3,20-22H2,1-2H3,(H,40,41)(H2,37,38,42)/t23-,32+,33+,35+/m1/s1. The molecule has 45 heavy (non-hydrogen) atoms. The predicted molar refractivity (Wildman–Crippen MR) is 175 cm³/mol. The van der Waals surface area contributed by atoms with Gasteiger partial charge in [-0.2, -0.15) is 0 Å². The van der Waals surface area contributed by atoms with E-state index in [1.54, 1.807) is 23.9 Å². The number of carboxylic acids is 1. The van der Waals surface area contributed by atoms with E-state index in [4.69, 9.17) is 9.47 Å². The van der Waals surface area contributed by atoms with Gasteiger partial charge in [-0.25, -0.2) is 9.59 Å². The van der Waals surface area contributed by atoms with Crippen LogP contribution in [0.15, 0.2) is 102 Å². The summed E-state index contributed by atoms with van der Waals surface area (Å²) in [6, 6.07) is 30.7. The monoisotopic (exact) mass is 626 g/mol. The number of aliphatic hydroxyl groups is 1. The summed E-state index contributed by atoms with van der Waals surface area (Å²) in [6.07, 6.45) is -1.03. The molecule has 2 amide bonds. The Morgan fingerprint density at radius 3 is 2.22 bits per heavy atom. The van der Waals surface area contributed by atoms with E-state index in [1.165, 1.54) is 0 Å². The van der Waals surface area contributed by atoms with E-state index in [9.17, 15) is 19.8 Å². The quantitative estimate of drug-likeness (QED) is 0.133. The van der Waals surface area contributed by atoms with Crippen LogP contribution >= 0.6 is 11.8 Å². The van der Waals surface area contributed by atoms with Gasteiger partial charge in [0.1, 0.15) is 0 Å². The van der Waals surface area contributed by atoms with Crippen LogP contribution in [0.5, 0.6) is 0 Å². The average molecular weight is 627 g/mol. The molecule has 4 aromatic carbocycles. The summed E-state index contributed by atoms with van der Waals surface area (Å²) < 4.78 is 13.3. The number of hydrogen-bond acceptors (Lipinski definition) is 6. The summed E-state index contributed by atoms with van der Waals surface area (Å²) in [7, 11) is 0. The topological polar surface area (TPSA) is 117 Å². The predicted octanol–water partition coefficient (Wildman–Crippen LogP) is 6.95. The van der Waals surface area contributed by atoms with Gasteiger partial charge in [-0.05, 0) is 71.1 Å². The van der Waals surface area contributed by atoms with Crippen LogP contribution in [0.2, 0.25) is 0 Å². The Bertz CT molecular complexity index is 1590. The third kappa shape index (κ3) is 8.32. The zero-order valence-electron chi connectivity index (χ0n) is 25.3. The number of ether oxygens (including phenoxy) is 2. The number of rotatable bonds is 11. The minimum absolute atomic E-state index is 0.0179. The highest BCUT2D eigenvalue weighted by atomic mass is 32.2. The van der Waals surface area contributed by atoms with Crippen LogP contribution in [-0.4, -0.2) is 40.6 Å². The lowest BCUT2D eigenvalue weighted by Crippen LogP contribution is -2.38. The van der Waals surface area contributed by atoms with Crippen LogP contribution in [0.4, 0.5) is 4.79 Å². The number of carbonyl (C=O) groups is 2. The molecule has 0 saturated carbocycles. The SMILES string of the molecule is CCNC(=O)NCc1cccc(-c2cccc([C@H]3O[C@@H](CSc4ccc(C(=O)O)cc4)[C@@H](C)[C@@H](c4ccc(CO)cc4)O3)c2)c1. The van der Waals surface area contributed by atoms with Crippen molar-refractivity contribution in [3.63, 3.8) is 0 Å². The maximum atomic E-state index is 11.9. The molecule has 1 fully saturated rings. The molecule has 0 spiro atoms. The van der Waals surface area contributed by atoms with Crippen molar-refractivity contribution in [3.05, 3.63) is 125 Å². The molecule has 1 heterocycles. The third-order valence-electron chi connectivity index (χ3n) is 7.85. The molecule has 5 rings (SSSR count). The maximum absolute atomic E-state index is 11.9. The van der Waals surface area contributed by atoms with Crippen LogP contribution < -0.4 is 10.6 Å². The Morgan fingerprint density at radius 1 is 0.822 bits per heavy atom. The van der Waals surface area contributed by atoms with Gasteiger partial charge in [0.05, 0.1) is 24.4 Å². The number of thioether (sulfide) groups is 1. The number of aliphatic hydroxyl groups excluding tert-OH is 1. The minimum atomic E-state index is -0.948. The molecule has 8 nitrogen and oxygen atoms in total. The van der Waals surface area contributed by atoms with E-state index in [0.29, 0.717) is 18.8 Å². The van der Waals surface area contributed by atoms with Crippen LogP contribution in [-0.2, 0) is 22.6 Å². The van der Waals surface area contributed by atoms with Gasteiger partial charge in [-0.3, -0.25) is 0 Å². The van der Waals surface area contributed by atoms with Crippen LogP contribution in [0.25, 0.3) is 11.1 Å². The van der Waals surface area contributed by atoms with Crippen molar-refractivity contribution in [3.8, 4) is 11.1 Å². The Hall–Kier alpha value is -4.15. The van der Waals surface area contributed by atoms with Crippen molar-refractivity contribution < 1.29 is 29.3 Å². The minimum Gasteiger partial charge on any atom is -0.478 e. The normalized spacial score (nSPS) is 19.5. The average Bonchev–Trinajstić information content (AvgIpc) is 3.07. The summed E-state index contributed by atoms with van der Waals surface area (Å²) in [5.74, 6) is -0.279. The highest BCUT2D eigenvalue weighted by molar-refractivity contribution is 7.99. The van der Waals surface area contributed by atoms with Crippen LogP contribution in [0, 0.1) is 5.92 Å². The fourth-order valence-electron chi connectivity index (χ4n) is 5.31. The zero-order valence-corrected chi connectivity index (χ0v) is 26.1. The highest BCUT2D eigenvalue weighted by Gasteiger charge is 2.38. The molecule has 0 unspecified atom stereocenters. The molecule has 9 heteroatoms. The lowest BCUT2D eigenvalue weighted by Gasteiger charge is -2.41. The molecule has 4 aromatic rings. The van der Waals surface area contributed by atoms with Gasteiger partial charge in [0, 0.05) is 35.2 Å². The second kappa shape index (κ2) is 15.2. The van der Waals surface area contributed by atoms with Gasteiger partial charge < -0.3 is 30.3 Å². The lowest BCUT2D eigenvalue weighted by molar-refractivity contribution is -0.268. The second-order valence-corrected chi connectivity index (χ2v) is 12.1. The number of benzene rings is 4. The van der Waals surface area contributed by atoms with Crippen molar-refractivity contribution in [1.29, 1.82) is 0 Å². The van der Waals surface area contributed by atoms with E-state index in [0.717, 1.165) is 38.3 Å². The Labute approximate surface area is 267 Å². The van der Waals surface area contributed by atoms with Gasteiger partial charge >= 0.3 is 12.0 Å². The van der Waals surface area contributed by atoms with Crippen molar-refractivity contribution in [2.45, 2.75) is 50.4 Å². The number of nitrogens with one attached hydrogen (secondary N) is 2. The first-order chi connectivity index (χ1) is 21.8. The smallest absolute Gasteiger partial charge is 0.335 e. The Kier molecular flexibility index (Phi) is 10.9. The number of aromatic carboxylic acids is 1. The number of carboxylic acid groups (broad SMARTS) is 1. The Balaban J connectivity index is 1.38. The highest BCUT2D eigenvalue weighted by Crippen LogP contribution is 2.43. The van der Waals surface area contributed by atoms with Crippen LogP contribution in [0.3, 0.4) is 0 Å². The summed E-state index contributed by atoms with van der Waals surface area (Å²) in [4.78, 5) is 24.1. The van der Waals surface area contributed by atoms with Crippen molar-refractivity contribution >= 4 is 23.8 Å². The molecule has 0 aliphatic carbocycles. The van der Waals surface area contributed by atoms with Crippen molar-refractivity contribution in [2.24, 2.45) is 5.92 Å². The van der Waals surface area contributed by atoms with E-state index in [2.05, 4.69) is 29.7 Å². The van der Waals surface area contributed by atoms with E-state index in [-0.39, 0.29) is 36.3 Å². The first kappa shape index (κ1) is 32.2. The van der Waals surface area contributed by atoms with E-state index >= 15 is 0 Å². The summed E-state index contributed by atoms with van der Waals surface area (Å²) in [5, 5.41) is 24.4. The molecule has 1 saturated heterocycles. The molecule has 1 aliphatic heterocycles. The van der Waals surface area contributed by atoms with Gasteiger partial charge in [-0.15, -0.1) is 11.8 Å². The molecular formula is C36H38N2O6S. The van der Waals surface area contributed by atoms with Gasteiger partial charge in [0.25, 0.3) is 0 Å². The second-order valence-electron chi connectivity index (χ2n) is 11.0. The van der Waals surface area contributed by atoms with Gasteiger partial charge in [-0.1, -0.05) is 67.6 Å². The van der Waals surface area contributed by atoms with Crippen molar-refractivity contribution in [2.75, 3.05) is 12.3 Å². The van der Waals surface area contributed by atoms with E-state index in [1.807, 2.05) is 79.7 Å². The lowest BCUT2D eigenvalue weighted by atomic mass is 9.91. The zero-order chi connectivity index (χ0) is 31.8. The number of carbonyl (C=O) groups excluding carboxylic acids is 1. The van der Waals surface area contributed by atoms with Gasteiger partial charge in [0.15, 0.2) is 6.29 Å². The molecule has 234 valence electrons. The number of amides is 2. The molecule has 4 N–H and O–H groups in total. The molecule has 4 atom stereocenters. The molecule has 1 aliphatic rings. The third-order valence-corrected chi connectivity index (χ3v) is 8.95. The summed E-state index contributed by atoms with van der Waals surface area (Å²) in [5.41, 5.74) is 6.01. The van der Waals surface area contributed by atoms with Crippen LogP contribution in [0.1, 0.15) is 58.9 Å². The number of hydrogen-bond donors (Lipinski definition) is 4. The fraction of sp³-hybridized carbons (Fsp3) is 0.278. The first-order valence-electron chi connectivity index (χ1n) is 15.0. The summed E-state index contributed by atoms with van der Waals surface area (Å²) >= 11 is 1.62. The maximum Gasteiger partial charge on any atom is 0.335 e. The largest absolute Gasteiger partial charge is 0.478 e. The molecule has 0 bridgehead atoms. The molecule has 0 radical (unpaired) electrons.